The quantitative estimate of drug-likeness (QED) is 0.685. The van der Waals surface area contributed by atoms with Crippen LogP contribution in [0.5, 0.6) is 17.2 Å². The third kappa shape index (κ3) is 6.77. The van der Waals surface area contributed by atoms with Crippen LogP contribution in [0.2, 0.25) is 0 Å². The summed E-state index contributed by atoms with van der Waals surface area (Å²) >= 11 is 0. The molecule has 0 spiro atoms. The molecule has 2 aromatic rings. The van der Waals surface area contributed by atoms with E-state index in [4.69, 9.17) is 9.47 Å². The second-order valence-electron chi connectivity index (χ2n) is 5.82. The van der Waals surface area contributed by atoms with E-state index in [0.717, 1.165) is 16.9 Å². The number of hydrogen-bond donors (Lipinski definition) is 1. The fraction of sp³-hybridized carbons (Fsp3) is 0.350. The smallest absolute Gasteiger partial charge is 0.387 e. The predicted molar refractivity (Wildman–Crippen MR) is 97.7 cm³/mol. The van der Waals surface area contributed by atoms with Crippen LogP contribution in [-0.4, -0.2) is 33.3 Å². The molecular formula is C20H23F2NO4. The van der Waals surface area contributed by atoms with Crippen LogP contribution in [0.1, 0.15) is 17.5 Å². The maximum atomic E-state index is 12.5. The van der Waals surface area contributed by atoms with Crippen molar-refractivity contribution < 1.29 is 27.8 Å². The fourth-order valence-electron chi connectivity index (χ4n) is 2.59. The zero-order chi connectivity index (χ0) is 19.6. The SMILES string of the molecule is COc1cccc(CCC(=O)NCCc2ccc(OC)c(OC(F)F)c2)c1. The second kappa shape index (κ2) is 10.4. The molecule has 146 valence electrons. The van der Waals surface area contributed by atoms with Crippen LogP contribution in [-0.2, 0) is 17.6 Å². The number of rotatable bonds is 10. The average Bonchev–Trinajstić information content (AvgIpc) is 2.66. The summed E-state index contributed by atoms with van der Waals surface area (Å²) in [6.07, 6.45) is 1.46. The van der Waals surface area contributed by atoms with Gasteiger partial charge in [-0.05, 0) is 48.2 Å². The fourth-order valence-corrected chi connectivity index (χ4v) is 2.59. The average molecular weight is 379 g/mol. The number of amides is 1. The van der Waals surface area contributed by atoms with Crippen LogP contribution in [0.15, 0.2) is 42.5 Å². The molecule has 1 amide bonds. The molecule has 0 atom stereocenters. The molecule has 0 unspecified atom stereocenters. The zero-order valence-electron chi connectivity index (χ0n) is 15.3. The van der Waals surface area contributed by atoms with E-state index in [0.29, 0.717) is 25.8 Å². The molecule has 27 heavy (non-hydrogen) atoms. The number of carbonyl (C=O) groups excluding carboxylic acids is 1. The Balaban J connectivity index is 1.80. The largest absolute Gasteiger partial charge is 0.497 e. The van der Waals surface area contributed by atoms with Crippen molar-refractivity contribution in [2.45, 2.75) is 25.9 Å². The van der Waals surface area contributed by atoms with E-state index in [2.05, 4.69) is 10.1 Å². The summed E-state index contributed by atoms with van der Waals surface area (Å²) in [4.78, 5) is 12.0. The molecule has 0 aliphatic rings. The van der Waals surface area contributed by atoms with Crippen molar-refractivity contribution >= 4 is 5.91 Å². The lowest BCUT2D eigenvalue weighted by molar-refractivity contribution is -0.121. The summed E-state index contributed by atoms with van der Waals surface area (Å²) in [5.41, 5.74) is 1.79. The lowest BCUT2D eigenvalue weighted by atomic mass is 10.1. The Morgan fingerprint density at radius 2 is 1.78 bits per heavy atom. The van der Waals surface area contributed by atoms with E-state index in [1.54, 1.807) is 19.2 Å². The highest BCUT2D eigenvalue weighted by Gasteiger charge is 2.11. The minimum Gasteiger partial charge on any atom is -0.497 e. The first-order chi connectivity index (χ1) is 13.0. The minimum atomic E-state index is -2.93. The molecule has 0 radical (unpaired) electrons. The highest BCUT2D eigenvalue weighted by molar-refractivity contribution is 5.76. The summed E-state index contributed by atoms with van der Waals surface area (Å²) in [5.74, 6) is 0.903. The predicted octanol–water partition coefficient (Wildman–Crippen LogP) is 3.60. The summed E-state index contributed by atoms with van der Waals surface area (Å²) in [6, 6.07) is 12.4. The number of alkyl halides is 2. The van der Waals surface area contributed by atoms with Crippen molar-refractivity contribution in [2.24, 2.45) is 0 Å². The standard InChI is InChI=1S/C20H23F2NO4/c1-25-16-5-3-4-14(12-16)7-9-19(24)23-11-10-15-6-8-17(26-2)18(13-15)27-20(21)22/h3-6,8,12-13,20H,7,9-11H2,1-2H3,(H,23,24). The van der Waals surface area contributed by atoms with Crippen molar-refractivity contribution in [1.82, 2.24) is 5.32 Å². The van der Waals surface area contributed by atoms with Gasteiger partial charge in [-0.25, -0.2) is 0 Å². The van der Waals surface area contributed by atoms with E-state index < -0.39 is 6.61 Å². The van der Waals surface area contributed by atoms with Crippen LogP contribution in [0.4, 0.5) is 8.78 Å². The number of aryl methyl sites for hydroxylation is 1. The summed E-state index contributed by atoms with van der Waals surface area (Å²) in [5, 5.41) is 2.83. The van der Waals surface area contributed by atoms with Crippen LogP contribution in [0.25, 0.3) is 0 Å². The van der Waals surface area contributed by atoms with Crippen LogP contribution >= 0.6 is 0 Å². The Morgan fingerprint density at radius 1 is 1.00 bits per heavy atom. The van der Waals surface area contributed by atoms with Crippen molar-refractivity contribution in [2.75, 3.05) is 20.8 Å². The lowest BCUT2D eigenvalue weighted by Crippen LogP contribution is -2.25. The molecule has 2 aromatic carbocycles. The van der Waals surface area contributed by atoms with Crippen LogP contribution in [0.3, 0.4) is 0 Å². The lowest BCUT2D eigenvalue weighted by Gasteiger charge is -2.12. The molecule has 0 saturated carbocycles. The van der Waals surface area contributed by atoms with Gasteiger partial charge in [0.05, 0.1) is 14.2 Å². The molecule has 0 aliphatic heterocycles. The van der Waals surface area contributed by atoms with Gasteiger partial charge in [-0.2, -0.15) is 8.78 Å². The van der Waals surface area contributed by atoms with Gasteiger partial charge in [0.25, 0.3) is 0 Å². The van der Waals surface area contributed by atoms with Gasteiger partial charge in [0, 0.05) is 13.0 Å². The van der Waals surface area contributed by atoms with Crippen molar-refractivity contribution in [3.05, 3.63) is 53.6 Å². The van der Waals surface area contributed by atoms with Crippen molar-refractivity contribution in [3.8, 4) is 17.2 Å². The van der Waals surface area contributed by atoms with Crippen molar-refractivity contribution in [3.63, 3.8) is 0 Å². The first kappa shape index (κ1) is 20.5. The van der Waals surface area contributed by atoms with Gasteiger partial charge >= 0.3 is 6.61 Å². The Kier molecular flexibility index (Phi) is 7.85. The molecule has 0 heterocycles. The van der Waals surface area contributed by atoms with E-state index in [-0.39, 0.29) is 17.4 Å². The molecule has 0 bridgehead atoms. The van der Waals surface area contributed by atoms with Gasteiger partial charge in [-0.1, -0.05) is 18.2 Å². The minimum absolute atomic E-state index is 0.0191. The summed E-state index contributed by atoms with van der Waals surface area (Å²) in [7, 11) is 2.98. The topological polar surface area (TPSA) is 56.8 Å². The highest BCUT2D eigenvalue weighted by Crippen LogP contribution is 2.29. The number of nitrogens with one attached hydrogen (secondary N) is 1. The number of ether oxygens (including phenoxy) is 3. The van der Waals surface area contributed by atoms with E-state index in [1.807, 2.05) is 24.3 Å². The molecular weight excluding hydrogens is 356 g/mol. The van der Waals surface area contributed by atoms with E-state index >= 15 is 0 Å². The summed E-state index contributed by atoms with van der Waals surface area (Å²) in [6.45, 7) is -2.53. The van der Waals surface area contributed by atoms with Gasteiger partial charge in [-0.15, -0.1) is 0 Å². The number of benzene rings is 2. The molecule has 0 saturated heterocycles. The zero-order valence-corrected chi connectivity index (χ0v) is 15.3. The Labute approximate surface area is 157 Å². The normalized spacial score (nSPS) is 10.6. The first-order valence-corrected chi connectivity index (χ1v) is 8.53. The molecule has 0 fully saturated rings. The Bertz CT molecular complexity index is 753. The molecule has 0 aromatic heterocycles. The Hall–Kier alpha value is -2.83. The van der Waals surface area contributed by atoms with E-state index in [1.165, 1.54) is 13.2 Å². The van der Waals surface area contributed by atoms with Gasteiger partial charge in [0.1, 0.15) is 5.75 Å². The van der Waals surface area contributed by atoms with Crippen LogP contribution in [0, 0.1) is 0 Å². The maximum Gasteiger partial charge on any atom is 0.387 e. The Morgan fingerprint density at radius 3 is 2.48 bits per heavy atom. The van der Waals surface area contributed by atoms with Crippen molar-refractivity contribution in [1.29, 1.82) is 0 Å². The highest BCUT2D eigenvalue weighted by atomic mass is 19.3. The maximum absolute atomic E-state index is 12.5. The molecule has 5 nitrogen and oxygen atoms in total. The van der Waals surface area contributed by atoms with Crippen LogP contribution < -0.4 is 19.5 Å². The molecule has 1 N–H and O–H groups in total. The number of halogens is 2. The van der Waals surface area contributed by atoms with Gasteiger partial charge in [-0.3, -0.25) is 4.79 Å². The first-order valence-electron chi connectivity index (χ1n) is 8.53. The monoisotopic (exact) mass is 379 g/mol. The third-order valence-electron chi connectivity index (χ3n) is 3.95. The van der Waals surface area contributed by atoms with Gasteiger partial charge in [0.15, 0.2) is 11.5 Å². The number of methoxy groups -OCH3 is 2. The molecule has 2 rings (SSSR count). The molecule has 7 heteroatoms. The second-order valence-corrected chi connectivity index (χ2v) is 5.82. The third-order valence-corrected chi connectivity index (χ3v) is 3.95. The van der Waals surface area contributed by atoms with E-state index in [9.17, 15) is 13.6 Å². The number of hydrogen-bond acceptors (Lipinski definition) is 4. The molecule has 0 aliphatic carbocycles. The van der Waals surface area contributed by atoms with Gasteiger partial charge in [0.2, 0.25) is 5.91 Å². The van der Waals surface area contributed by atoms with Gasteiger partial charge < -0.3 is 19.5 Å². The number of carbonyl (C=O) groups is 1. The summed E-state index contributed by atoms with van der Waals surface area (Å²) < 4.78 is 39.5.